The number of carboxylic acids is 1. The maximum absolute atomic E-state index is 11.0. The first-order valence-corrected chi connectivity index (χ1v) is 5.06. The largest absolute Gasteiger partial charge is 0.477 e. The highest BCUT2D eigenvalue weighted by molar-refractivity contribution is 5.85. The van der Waals surface area contributed by atoms with Gasteiger partial charge < -0.3 is 10.0 Å². The van der Waals surface area contributed by atoms with Crippen molar-refractivity contribution in [2.45, 2.75) is 19.4 Å². The summed E-state index contributed by atoms with van der Waals surface area (Å²) in [5.41, 5.74) is 1.06. The van der Waals surface area contributed by atoms with Crippen LogP contribution in [0, 0.1) is 6.92 Å². The zero-order valence-corrected chi connectivity index (χ0v) is 8.97. The molecule has 1 fully saturated rings. The summed E-state index contributed by atoms with van der Waals surface area (Å²) in [4.78, 5) is 13.2. The molecular weight excluding hydrogens is 194 g/mol. The summed E-state index contributed by atoms with van der Waals surface area (Å²) in [6, 6.07) is 1.83. The van der Waals surface area contributed by atoms with Crippen LogP contribution in [-0.2, 0) is 0 Å². The number of hydrogen-bond donors (Lipinski definition) is 1. The van der Waals surface area contributed by atoms with E-state index in [4.69, 9.17) is 5.11 Å². The predicted octanol–water partition coefficient (Wildman–Crippen LogP) is 0.766. The minimum absolute atomic E-state index is 0.204. The molecule has 0 bridgehead atoms. The van der Waals surface area contributed by atoms with Crippen molar-refractivity contribution in [1.29, 1.82) is 0 Å². The van der Waals surface area contributed by atoms with Gasteiger partial charge in [0.2, 0.25) is 0 Å². The van der Waals surface area contributed by atoms with Crippen molar-refractivity contribution < 1.29 is 9.90 Å². The third kappa shape index (κ3) is 1.87. The number of aromatic carboxylic acids is 1. The molecule has 1 aromatic rings. The molecule has 0 saturated carbocycles. The first-order chi connectivity index (χ1) is 7.08. The molecule has 1 aliphatic heterocycles. The van der Waals surface area contributed by atoms with Gasteiger partial charge in [-0.3, -0.25) is 4.68 Å². The number of aryl methyl sites for hydroxylation is 1. The molecule has 0 aliphatic carbocycles. The van der Waals surface area contributed by atoms with Crippen LogP contribution in [0.25, 0.3) is 0 Å². The molecule has 0 amide bonds. The number of likely N-dealkylation sites (N-methyl/N-ethyl adjacent to an activating group) is 1. The molecule has 15 heavy (non-hydrogen) atoms. The van der Waals surface area contributed by atoms with Crippen LogP contribution in [0.2, 0.25) is 0 Å². The van der Waals surface area contributed by atoms with E-state index in [-0.39, 0.29) is 6.04 Å². The van der Waals surface area contributed by atoms with Crippen LogP contribution in [0.5, 0.6) is 0 Å². The summed E-state index contributed by atoms with van der Waals surface area (Å²) < 4.78 is 1.65. The van der Waals surface area contributed by atoms with Crippen LogP contribution in [0.15, 0.2) is 6.07 Å². The van der Waals surface area contributed by atoms with Crippen LogP contribution >= 0.6 is 0 Å². The van der Waals surface area contributed by atoms with Gasteiger partial charge in [0.15, 0.2) is 0 Å². The molecule has 0 radical (unpaired) electrons. The molecule has 1 atom stereocenters. The van der Waals surface area contributed by atoms with Crippen molar-refractivity contribution in [2.24, 2.45) is 0 Å². The number of likely N-dealkylation sites (tertiary alicyclic amines) is 1. The van der Waals surface area contributed by atoms with Crippen molar-refractivity contribution in [3.8, 4) is 0 Å². The molecule has 0 aromatic carbocycles. The smallest absolute Gasteiger partial charge is 0.354 e. The van der Waals surface area contributed by atoms with Gasteiger partial charge in [-0.15, -0.1) is 0 Å². The Kier molecular flexibility index (Phi) is 2.48. The van der Waals surface area contributed by atoms with Gasteiger partial charge in [0.1, 0.15) is 5.69 Å². The topological polar surface area (TPSA) is 58.4 Å². The summed E-state index contributed by atoms with van der Waals surface area (Å²) in [5.74, 6) is -0.898. The monoisotopic (exact) mass is 209 g/mol. The van der Waals surface area contributed by atoms with E-state index < -0.39 is 5.97 Å². The lowest BCUT2D eigenvalue weighted by Crippen LogP contribution is -2.20. The number of carbonyl (C=O) groups is 1. The summed E-state index contributed by atoms with van der Waals surface area (Å²) in [6.07, 6.45) is 0.970. The Hall–Kier alpha value is -1.36. The van der Waals surface area contributed by atoms with Crippen LogP contribution in [0.4, 0.5) is 0 Å². The quantitative estimate of drug-likeness (QED) is 0.781. The third-order valence-corrected chi connectivity index (χ3v) is 2.79. The normalized spacial score (nSPS) is 22.1. The number of nitrogens with zero attached hydrogens (tertiary/aromatic N) is 3. The molecule has 5 nitrogen and oxygen atoms in total. The SMILES string of the molecule is Cc1cc(C(=O)O)n(C2CCN(C)C2)n1. The molecule has 1 unspecified atom stereocenters. The van der Waals surface area contributed by atoms with Gasteiger partial charge in [-0.2, -0.15) is 5.10 Å². The summed E-state index contributed by atoms with van der Waals surface area (Å²) in [6.45, 7) is 3.70. The summed E-state index contributed by atoms with van der Waals surface area (Å²) in [7, 11) is 2.04. The predicted molar refractivity (Wildman–Crippen MR) is 55.1 cm³/mol. The molecular formula is C10H15N3O2. The Labute approximate surface area is 88.3 Å². The Morgan fingerprint density at radius 2 is 2.40 bits per heavy atom. The van der Waals surface area contributed by atoms with E-state index in [0.29, 0.717) is 5.69 Å². The van der Waals surface area contributed by atoms with E-state index in [1.54, 1.807) is 10.7 Å². The summed E-state index contributed by atoms with van der Waals surface area (Å²) >= 11 is 0. The highest BCUT2D eigenvalue weighted by Gasteiger charge is 2.25. The van der Waals surface area contributed by atoms with E-state index in [0.717, 1.165) is 25.2 Å². The van der Waals surface area contributed by atoms with Gasteiger partial charge in [-0.05, 0) is 33.0 Å². The van der Waals surface area contributed by atoms with Crippen LogP contribution in [0.3, 0.4) is 0 Å². The minimum Gasteiger partial charge on any atom is -0.477 e. The van der Waals surface area contributed by atoms with Gasteiger partial charge in [-0.25, -0.2) is 4.79 Å². The zero-order valence-electron chi connectivity index (χ0n) is 8.97. The average molecular weight is 209 g/mol. The van der Waals surface area contributed by atoms with Crippen molar-refractivity contribution in [3.63, 3.8) is 0 Å². The van der Waals surface area contributed by atoms with Gasteiger partial charge in [0.25, 0.3) is 0 Å². The fourth-order valence-electron chi connectivity index (χ4n) is 2.07. The number of hydrogen-bond acceptors (Lipinski definition) is 3. The lowest BCUT2D eigenvalue weighted by Gasteiger charge is -2.12. The lowest BCUT2D eigenvalue weighted by molar-refractivity contribution is 0.0680. The molecule has 1 aliphatic rings. The molecule has 2 rings (SSSR count). The first kappa shape index (κ1) is 10.2. The number of rotatable bonds is 2. The maximum Gasteiger partial charge on any atom is 0.354 e. The molecule has 0 spiro atoms. The maximum atomic E-state index is 11.0. The van der Waals surface area contributed by atoms with E-state index in [2.05, 4.69) is 10.00 Å². The van der Waals surface area contributed by atoms with Crippen LogP contribution in [0.1, 0.15) is 28.6 Å². The van der Waals surface area contributed by atoms with Crippen LogP contribution < -0.4 is 0 Å². The molecule has 1 aromatic heterocycles. The van der Waals surface area contributed by atoms with Gasteiger partial charge >= 0.3 is 5.97 Å². The Bertz CT molecular complexity index is 386. The zero-order chi connectivity index (χ0) is 11.0. The van der Waals surface area contributed by atoms with Crippen molar-refractivity contribution >= 4 is 5.97 Å². The second-order valence-corrected chi connectivity index (χ2v) is 4.13. The molecule has 1 saturated heterocycles. The Morgan fingerprint density at radius 3 is 2.93 bits per heavy atom. The second kappa shape index (κ2) is 3.66. The van der Waals surface area contributed by atoms with Crippen molar-refractivity contribution in [2.75, 3.05) is 20.1 Å². The molecule has 82 valence electrons. The van der Waals surface area contributed by atoms with Crippen molar-refractivity contribution in [1.82, 2.24) is 14.7 Å². The van der Waals surface area contributed by atoms with E-state index in [1.165, 1.54) is 0 Å². The van der Waals surface area contributed by atoms with Gasteiger partial charge in [0.05, 0.1) is 11.7 Å². The molecule has 1 N–H and O–H groups in total. The fourth-order valence-corrected chi connectivity index (χ4v) is 2.07. The lowest BCUT2D eigenvalue weighted by atomic mass is 10.2. The van der Waals surface area contributed by atoms with E-state index >= 15 is 0 Å². The minimum atomic E-state index is -0.898. The summed E-state index contributed by atoms with van der Waals surface area (Å²) in [5, 5.41) is 13.3. The van der Waals surface area contributed by atoms with Crippen molar-refractivity contribution in [3.05, 3.63) is 17.5 Å². The first-order valence-electron chi connectivity index (χ1n) is 5.06. The average Bonchev–Trinajstić information content (AvgIpc) is 2.71. The Morgan fingerprint density at radius 1 is 1.67 bits per heavy atom. The third-order valence-electron chi connectivity index (χ3n) is 2.79. The van der Waals surface area contributed by atoms with Crippen LogP contribution in [-0.4, -0.2) is 45.9 Å². The van der Waals surface area contributed by atoms with E-state index in [1.807, 2.05) is 14.0 Å². The molecule has 2 heterocycles. The van der Waals surface area contributed by atoms with Gasteiger partial charge in [-0.1, -0.05) is 0 Å². The van der Waals surface area contributed by atoms with E-state index in [9.17, 15) is 4.79 Å². The number of aromatic nitrogens is 2. The molecule has 5 heteroatoms. The second-order valence-electron chi connectivity index (χ2n) is 4.13. The standard InChI is InChI=1S/C10H15N3O2/c1-7-5-9(10(14)15)13(11-7)8-3-4-12(2)6-8/h5,8H,3-4,6H2,1-2H3,(H,14,15). The van der Waals surface area contributed by atoms with Gasteiger partial charge in [0, 0.05) is 6.54 Å². The highest BCUT2D eigenvalue weighted by atomic mass is 16.4. The highest BCUT2D eigenvalue weighted by Crippen LogP contribution is 2.21. The number of carboxylic acid groups (broad SMARTS) is 1. The Balaban J connectivity index is 2.30. The fraction of sp³-hybridized carbons (Fsp3) is 0.600.